The van der Waals surface area contributed by atoms with Crippen LogP contribution in [0.4, 0.5) is 4.79 Å². The number of pyridine rings is 1. The van der Waals surface area contributed by atoms with Crippen molar-refractivity contribution >= 4 is 17.9 Å². The quantitative estimate of drug-likeness (QED) is 0.511. The molecule has 0 spiro atoms. The van der Waals surface area contributed by atoms with Crippen LogP contribution in [-0.2, 0) is 22.6 Å². The van der Waals surface area contributed by atoms with Crippen LogP contribution in [-0.4, -0.2) is 28.9 Å². The number of ether oxygens (including phenoxy) is 1. The number of amides is 3. The van der Waals surface area contributed by atoms with Crippen LogP contribution < -0.4 is 16.2 Å². The molecule has 3 N–H and O–H groups in total. The van der Waals surface area contributed by atoms with Crippen LogP contribution in [0.3, 0.4) is 0 Å². The summed E-state index contributed by atoms with van der Waals surface area (Å²) in [5, 5.41) is 2.56. The SMILES string of the molecule is O=C(N[C@@H](Cc1ccccc1)C(=O)NNC(=O)c1ccccn1)OCc1ccccc1. The number of nitrogens with one attached hydrogen (secondary N) is 3. The van der Waals surface area contributed by atoms with Crippen LogP contribution in [0.25, 0.3) is 0 Å². The topological polar surface area (TPSA) is 109 Å². The van der Waals surface area contributed by atoms with Crippen LogP contribution in [0.15, 0.2) is 85.1 Å². The van der Waals surface area contributed by atoms with Gasteiger partial charge in [-0.25, -0.2) is 4.79 Å². The fraction of sp³-hybridized carbons (Fsp3) is 0.130. The predicted molar refractivity (Wildman–Crippen MR) is 114 cm³/mol. The maximum atomic E-state index is 12.7. The normalized spacial score (nSPS) is 11.1. The highest BCUT2D eigenvalue weighted by atomic mass is 16.5. The fourth-order valence-corrected chi connectivity index (χ4v) is 2.73. The minimum atomic E-state index is -0.963. The molecule has 1 aromatic heterocycles. The first-order valence-corrected chi connectivity index (χ1v) is 9.64. The van der Waals surface area contributed by atoms with E-state index in [2.05, 4.69) is 21.2 Å². The number of hydrogen-bond acceptors (Lipinski definition) is 5. The van der Waals surface area contributed by atoms with Crippen molar-refractivity contribution in [3.8, 4) is 0 Å². The Bertz CT molecular complexity index is 998. The first-order valence-electron chi connectivity index (χ1n) is 9.64. The summed E-state index contributed by atoms with van der Waals surface area (Å²) in [5.41, 5.74) is 6.44. The molecule has 0 saturated heterocycles. The molecule has 3 amide bonds. The Morgan fingerprint density at radius 1 is 0.806 bits per heavy atom. The molecule has 2 aromatic carbocycles. The van der Waals surface area contributed by atoms with Crippen LogP contribution in [0, 0.1) is 0 Å². The van der Waals surface area contributed by atoms with Gasteiger partial charge in [0, 0.05) is 12.6 Å². The Morgan fingerprint density at radius 3 is 2.10 bits per heavy atom. The van der Waals surface area contributed by atoms with Crippen molar-refractivity contribution in [2.24, 2.45) is 0 Å². The monoisotopic (exact) mass is 418 g/mol. The van der Waals surface area contributed by atoms with E-state index in [0.717, 1.165) is 11.1 Å². The highest BCUT2D eigenvalue weighted by Crippen LogP contribution is 2.05. The summed E-state index contributed by atoms with van der Waals surface area (Å²) in [6, 6.07) is 22.3. The Hall–Kier alpha value is -4.20. The third kappa shape index (κ3) is 6.97. The highest BCUT2D eigenvalue weighted by molar-refractivity contribution is 5.94. The number of carbonyl (C=O) groups is 3. The molecule has 0 aliphatic rings. The summed E-state index contributed by atoms with van der Waals surface area (Å²) in [7, 11) is 0. The zero-order valence-corrected chi connectivity index (χ0v) is 16.7. The second-order valence-corrected chi connectivity index (χ2v) is 6.61. The lowest BCUT2D eigenvalue weighted by Gasteiger charge is -2.19. The van der Waals surface area contributed by atoms with Crippen LogP contribution >= 0.6 is 0 Å². The van der Waals surface area contributed by atoms with Gasteiger partial charge >= 0.3 is 6.09 Å². The van der Waals surface area contributed by atoms with Crippen molar-refractivity contribution in [2.75, 3.05) is 0 Å². The number of hydrogen-bond donors (Lipinski definition) is 3. The van der Waals surface area contributed by atoms with E-state index in [1.165, 1.54) is 12.3 Å². The summed E-state index contributed by atoms with van der Waals surface area (Å²) in [6.07, 6.45) is 0.946. The van der Waals surface area contributed by atoms with Gasteiger partial charge in [-0.15, -0.1) is 0 Å². The number of benzene rings is 2. The van der Waals surface area contributed by atoms with E-state index in [-0.39, 0.29) is 18.7 Å². The first-order chi connectivity index (χ1) is 15.1. The smallest absolute Gasteiger partial charge is 0.408 e. The second-order valence-electron chi connectivity index (χ2n) is 6.61. The molecule has 0 fully saturated rings. The Balaban J connectivity index is 1.60. The van der Waals surface area contributed by atoms with Crippen molar-refractivity contribution < 1.29 is 19.1 Å². The molecule has 3 rings (SSSR count). The predicted octanol–water partition coefficient (Wildman–Crippen LogP) is 2.38. The minimum Gasteiger partial charge on any atom is -0.445 e. The van der Waals surface area contributed by atoms with Crippen LogP contribution in [0.2, 0.25) is 0 Å². The van der Waals surface area contributed by atoms with E-state index in [9.17, 15) is 14.4 Å². The minimum absolute atomic E-state index is 0.0722. The van der Waals surface area contributed by atoms with Crippen LogP contribution in [0.1, 0.15) is 21.6 Å². The summed E-state index contributed by atoms with van der Waals surface area (Å²) in [6.45, 7) is 0.0722. The highest BCUT2D eigenvalue weighted by Gasteiger charge is 2.23. The van der Waals surface area contributed by atoms with Gasteiger partial charge in [-0.2, -0.15) is 0 Å². The maximum absolute atomic E-state index is 12.7. The zero-order valence-electron chi connectivity index (χ0n) is 16.7. The standard InChI is InChI=1S/C23H22N4O4/c28-21(19-13-7-8-14-24-19)26-27-22(29)20(15-17-9-3-1-4-10-17)25-23(30)31-16-18-11-5-2-6-12-18/h1-14,20H,15-16H2,(H,25,30)(H,26,28)(H,27,29)/t20-/m0/s1. The largest absolute Gasteiger partial charge is 0.445 e. The Morgan fingerprint density at radius 2 is 1.45 bits per heavy atom. The molecule has 1 heterocycles. The molecule has 3 aromatic rings. The molecular weight excluding hydrogens is 396 g/mol. The van der Waals surface area contributed by atoms with Gasteiger partial charge in [0.2, 0.25) is 0 Å². The lowest BCUT2D eigenvalue weighted by Crippen LogP contribution is -2.53. The summed E-state index contributed by atoms with van der Waals surface area (Å²) in [5.74, 6) is -1.16. The zero-order chi connectivity index (χ0) is 21.9. The molecule has 0 radical (unpaired) electrons. The van der Waals surface area contributed by atoms with E-state index < -0.39 is 23.9 Å². The summed E-state index contributed by atoms with van der Waals surface area (Å²) >= 11 is 0. The average Bonchev–Trinajstić information content (AvgIpc) is 2.82. The third-order valence-electron chi connectivity index (χ3n) is 4.30. The molecule has 0 unspecified atom stereocenters. The molecular formula is C23H22N4O4. The number of rotatable bonds is 7. The van der Waals surface area contributed by atoms with Gasteiger partial charge in [0.25, 0.3) is 11.8 Å². The third-order valence-corrected chi connectivity index (χ3v) is 4.30. The van der Waals surface area contributed by atoms with E-state index >= 15 is 0 Å². The van der Waals surface area contributed by atoms with Gasteiger partial charge in [0.05, 0.1) is 0 Å². The van der Waals surface area contributed by atoms with Gasteiger partial charge in [0.1, 0.15) is 18.3 Å². The van der Waals surface area contributed by atoms with E-state index in [4.69, 9.17) is 4.74 Å². The number of alkyl carbamates (subject to hydrolysis) is 1. The van der Waals surface area contributed by atoms with Gasteiger partial charge in [-0.3, -0.25) is 25.4 Å². The van der Waals surface area contributed by atoms with Gasteiger partial charge < -0.3 is 10.1 Å². The average molecular weight is 418 g/mol. The summed E-state index contributed by atoms with van der Waals surface area (Å²) < 4.78 is 5.21. The van der Waals surface area contributed by atoms with Crippen molar-refractivity contribution in [2.45, 2.75) is 19.1 Å². The van der Waals surface area contributed by atoms with Crippen molar-refractivity contribution in [1.29, 1.82) is 0 Å². The Labute approximate surface area is 179 Å². The Kier molecular flexibility index (Phi) is 7.70. The van der Waals surface area contributed by atoms with E-state index in [1.807, 2.05) is 60.7 Å². The number of nitrogens with zero attached hydrogens (tertiary/aromatic N) is 1. The van der Waals surface area contributed by atoms with Gasteiger partial charge in [0.15, 0.2) is 0 Å². The molecule has 8 heteroatoms. The molecule has 31 heavy (non-hydrogen) atoms. The number of aromatic nitrogens is 1. The van der Waals surface area contributed by atoms with Crippen LogP contribution in [0.5, 0.6) is 0 Å². The first kappa shape index (κ1) is 21.5. The van der Waals surface area contributed by atoms with Gasteiger partial charge in [-0.1, -0.05) is 66.7 Å². The fourth-order valence-electron chi connectivity index (χ4n) is 2.73. The second kappa shape index (κ2) is 11.1. The number of hydrazine groups is 1. The molecule has 8 nitrogen and oxygen atoms in total. The van der Waals surface area contributed by atoms with Crippen molar-refractivity contribution in [1.82, 2.24) is 21.2 Å². The lowest BCUT2D eigenvalue weighted by atomic mass is 10.1. The molecule has 0 saturated carbocycles. The van der Waals surface area contributed by atoms with E-state index in [0.29, 0.717) is 0 Å². The lowest BCUT2D eigenvalue weighted by molar-refractivity contribution is -0.123. The molecule has 0 aliphatic carbocycles. The van der Waals surface area contributed by atoms with Gasteiger partial charge in [-0.05, 0) is 23.3 Å². The molecule has 0 bridgehead atoms. The summed E-state index contributed by atoms with van der Waals surface area (Å²) in [4.78, 5) is 41.0. The van der Waals surface area contributed by atoms with Crippen molar-refractivity contribution in [3.05, 3.63) is 102 Å². The van der Waals surface area contributed by atoms with Crippen molar-refractivity contribution in [3.63, 3.8) is 0 Å². The molecule has 0 aliphatic heterocycles. The number of carbonyl (C=O) groups excluding carboxylic acids is 3. The maximum Gasteiger partial charge on any atom is 0.408 e. The molecule has 158 valence electrons. The van der Waals surface area contributed by atoms with E-state index in [1.54, 1.807) is 12.1 Å². The molecule has 1 atom stereocenters.